The van der Waals surface area contributed by atoms with Crippen molar-refractivity contribution in [1.82, 2.24) is 0 Å². The number of carbonyl (C=O) groups excluding carboxylic acids is 1. The molecule has 108 valence electrons. The lowest BCUT2D eigenvalue weighted by Gasteiger charge is -2.17. The van der Waals surface area contributed by atoms with E-state index in [0.29, 0.717) is 5.56 Å². The fraction of sp³-hybridized carbons (Fsp3) is 0.0500. The SMILES string of the molecule is CN(C(=O)c1cccc(-c2ccccc2)c1)c1ccccc1. The zero-order valence-corrected chi connectivity index (χ0v) is 12.4. The van der Waals surface area contributed by atoms with Crippen molar-refractivity contribution in [2.24, 2.45) is 0 Å². The van der Waals surface area contributed by atoms with Crippen LogP contribution in [0.3, 0.4) is 0 Å². The fourth-order valence-electron chi connectivity index (χ4n) is 2.42. The molecule has 1 amide bonds. The summed E-state index contributed by atoms with van der Waals surface area (Å²) < 4.78 is 0. The average molecular weight is 287 g/mol. The number of para-hydroxylation sites is 1. The van der Waals surface area contributed by atoms with Crippen LogP contribution in [0.25, 0.3) is 11.1 Å². The molecule has 3 aromatic carbocycles. The molecule has 3 rings (SSSR count). The van der Waals surface area contributed by atoms with Crippen molar-refractivity contribution < 1.29 is 4.79 Å². The van der Waals surface area contributed by atoms with E-state index >= 15 is 0 Å². The molecule has 0 atom stereocenters. The van der Waals surface area contributed by atoms with Crippen LogP contribution in [0.15, 0.2) is 84.9 Å². The molecule has 3 aromatic rings. The van der Waals surface area contributed by atoms with E-state index in [4.69, 9.17) is 0 Å². The maximum Gasteiger partial charge on any atom is 0.258 e. The van der Waals surface area contributed by atoms with Gasteiger partial charge in [0.1, 0.15) is 0 Å². The molecule has 0 fully saturated rings. The van der Waals surface area contributed by atoms with Crippen molar-refractivity contribution in [3.8, 4) is 11.1 Å². The van der Waals surface area contributed by atoms with Gasteiger partial charge in [0.15, 0.2) is 0 Å². The van der Waals surface area contributed by atoms with Crippen molar-refractivity contribution in [2.45, 2.75) is 0 Å². The molecule has 0 aliphatic rings. The highest BCUT2D eigenvalue weighted by molar-refractivity contribution is 6.06. The first kappa shape index (κ1) is 14.1. The van der Waals surface area contributed by atoms with Crippen LogP contribution in [-0.2, 0) is 0 Å². The summed E-state index contributed by atoms with van der Waals surface area (Å²) in [5, 5.41) is 0. The van der Waals surface area contributed by atoms with Gasteiger partial charge in [-0.2, -0.15) is 0 Å². The fourth-order valence-corrected chi connectivity index (χ4v) is 2.42. The summed E-state index contributed by atoms with van der Waals surface area (Å²) in [6.45, 7) is 0. The zero-order valence-electron chi connectivity index (χ0n) is 12.4. The molecule has 0 saturated heterocycles. The van der Waals surface area contributed by atoms with Gasteiger partial charge in [-0.1, -0.05) is 60.7 Å². The molecule has 2 heteroatoms. The van der Waals surface area contributed by atoms with E-state index in [1.807, 2.05) is 84.9 Å². The Morgan fingerprint density at radius 2 is 1.32 bits per heavy atom. The van der Waals surface area contributed by atoms with Gasteiger partial charge >= 0.3 is 0 Å². The van der Waals surface area contributed by atoms with Crippen LogP contribution in [0.5, 0.6) is 0 Å². The summed E-state index contributed by atoms with van der Waals surface area (Å²) >= 11 is 0. The van der Waals surface area contributed by atoms with E-state index in [1.54, 1.807) is 11.9 Å². The molecule has 0 heterocycles. The van der Waals surface area contributed by atoms with E-state index in [0.717, 1.165) is 16.8 Å². The third-order valence-electron chi connectivity index (χ3n) is 3.66. The van der Waals surface area contributed by atoms with Crippen molar-refractivity contribution in [3.05, 3.63) is 90.5 Å². The Morgan fingerprint density at radius 1 is 0.727 bits per heavy atom. The molecule has 2 nitrogen and oxygen atoms in total. The Labute approximate surface area is 130 Å². The second-order valence-electron chi connectivity index (χ2n) is 5.15. The maximum atomic E-state index is 12.7. The van der Waals surface area contributed by atoms with Crippen LogP contribution in [-0.4, -0.2) is 13.0 Å². The summed E-state index contributed by atoms with van der Waals surface area (Å²) in [6, 6.07) is 27.5. The summed E-state index contributed by atoms with van der Waals surface area (Å²) in [4.78, 5) is 14.3. The number of benzene rings is 3. The number of hydrogen-bond acceptors (Lipinski definition) is 1. The van der Waals surface area contributed by atoms with E-state index in [1.165, 1.54) is 0 Å². The van der Waals surface area contributed by atoms with Crippen LogP contribution in [0.4, 0.5) is 5.69 Å². The molecule has 0 unspecified atom stereocenters. The number of nitrogens with zero attached hydrogens (tertiary/aromatic N) is 1. The van der Waals surface area contributed by atoms with Gasteiger partial charge in [-0.15, -0.1) is 0 Å². The van der Waals surface area contributed by atoms with Crippen LogP contribution >= 0.6 is 0 Å². The topological polar surface area (TPSA) is 20.3 Å². The first-order chi connectivity index (χ1) is 10.8. The quantitative estimate of drug-likeness (QED) is 0.687. The highest BCUT2D eigenvalue weighted by atomic mass is 16.2. The second-order valence-corrected chi connectivity index (χ2v) is 5.15. The minimum absolute atomic E-state index is 0.0102. The van der Waals surface area contributed by atoms with Crippen LogP contribution in [0.1, 0.15) is 10.4 Å². The third-order valence-corrected chi connectivity index (χ3v) is 3.66. The summed E-state index contributed by atoms with van der Waals surface area (Å²) in [7, 11) is 1.80. The molecule has 0 bridgehead atoms. The lowest BCUT2D eigenvalue weighted by atomic mass is 10.0. The Kier molecular flexibility index (Phi) is 4.01. The predicted octanol–water partition coefficient (Wildman–Crippen LogP) is 4.63. The lowest BCUT2D eigenvalue weighted by Crippen LogP contribution is -2.26. The monoisotopic (exact) mass is 287 g/mol. The molecule has 0 spiro atoms. The van der Waals surface area contributed by atoms with Gasteiger partial charge in [0, 0.05) is 18.3 Å². The Bertz CT molecular complexity index is 766. The number of anilines is 1. The number of rotatable bonds is 3. The third kappa shape index (κ3) is 2.91. The first-order valence-electron chi connectivity index (χ1n) is 7.24. The van der Waals surface area contributed by atoms with Crippen molar-refractivity contribution in [1.29, 1.82) is 0 Å². The van der Waals surface area contributed by atoms with E-state index < -0.39 is 0 Å². The van der Waals surface area contributed by atoms with Gasteiger partial charge in [-0.25, -0.2) is 0 Å². The average Bonchev–Trinajstić information content (AvgIpc) is 2.62. The molecule has 22 heavy (non-hydrogen) atoms. The van der Waals surface area contributed by atoms with Gasteiger partial charge < -0.3 is 4.90 Å². The molecule has 0 saturated carbocycles. The van der Waals surface area contributed by atoms with Crippen LogP contribution in [0.2, 0.25) is 0 Å². The normalized spacial score (nSPS) is 10.2. The smallest absolute Gasteiger partial charge is 0.258 e. The first-order valence-corrected chi connectivity index (χ1v) is 7.24. The van der Waals surface area contributed by atoms with E-state index in [-0.39, 0.29) is 5.91 Å². The van der Waals surface area contributed by atoms with Crippen molar-refractivity contribution in [3.63, 3.8) is 0 Å². The minimum Gasteiger partial charge on any atom is -0.311 e. The molecular weight excluding hydrogens is 270 g/mol. The standard InChI is InChI=1S/C20H17NO/c1-21(19-13-6-3-7-14-19)20(22)18-12-8-11-17(15-18)16-9-4-2-5-10-16/h2-15H,1H3. The highest BCUT2D eigenvalue weighted by Gasteiger charge is 2.13. The predicted molar refractivity (Wildman–Crippen MR) is 91.1 cm³/mol. The highest BCUT2D eigenvalue weighted by Crippen LogP contribution is 2.22. The maximum absolute atomic E-state index is 12.7. The summed E-state index contributed by atoms with van der Waals surface area (Å²) in [5.74, 6) is -0.0102. The molecule has 0 radical (unpaired) electrons. The molecule has 0 aliphatic carbocycles. The van der Waals surface area contributed by atoms with Crippen molar-refractivity contribution in [2.75, 3.05) is 11.9 Å². The summed E-state index contributed by atoms with van der Waals surface area (Å²) in [5.41, 5.74) is 3.73. The molecule has 0 aliphatic heterocycles. The second kappa shape index (κ2) is 6.27. The van der Waals surface area contributed by atoms with Gasteiger partial charge in [0.25, 0.3) is 5.91 Å². The molecular formula is C20H17NO. The number of hydrogen-bond donors (Lipinski definition) is 0. The molecule has 0 N–H and O–H groups in total. The number of amides is 1. The Morgan fingerprint density at radius 3 is 2.00 bits per heavy atom. The Hall–Kier alpha value is -2.87. The largest absolute Gasteiger partial charge is 0.311 e. The molecule has 0 aromatic heterocycles. The lowest BCUT2D eigenvalue weighted by molar-refractivity contribution is 0.0993. The summed E-state index contributed by atoms with van der Waals surface area (Å²) in [6.07, 6.45) is 0. The van der Waals surface area contributed by atoms with Crippen LogP contribution < -0.4 is 4.90 Å². The van der Waals surface area contributed by atoms with E-state index in [9.17, 15) is 4.79 Å². The van der Waals surface area contributed by atoms with Gasteiger partial charge in [-0.3, -0.25) is 4.79 Å². The van der Waals surface area contributed by atoms with Gasteiger partial charge in [-0.05, 0) is 35.4 Å². The van der Waals surface area contributed by atoms with Crippen molar-refractivity contribution >= 4 is 11.6 Å². The zero-order chi connectivity index (χ0) is 15.4. The number of carbonyl (C=O) groups is 1. The minimum atomic E-state index is -0.0102. The van der Waals surface area contributed by atoms with Gasteiger partial charge in [0.05, 0.1) is 0 Å². The van der Waals surface area contributed by atoms with Crippen LogP contribution in [0, 0.1) is 0 Å². The Balaban J connectivity index is 1.91. The van der Waals surface area contributed by atoms with Gasteiger partial charge in [0.2, 0.25) is 0 Å². The van der Waals surface area contributed by atoms with E-state index in [2.05, 4.69) is 0 Å².